The highest BCUT2D eigenvalue weighted by Gasteiger charge is 2.27. The molecule has 0 radical (unpaired) electrons. The molecule has 1 unspecified atom stereocenters. The van der Waals surface area contributed by atoms with E-state index in [1.807, 2.05) is 11.0 Å². The second-order valence-electron chi connectivity index (χ2n) is 4.72. The first-order valence-corrected chi connectivity index (χ1v) is 6.56. The number of hydrogen-bond donors (Lipinski definition) is 1. The lowest BCUT2D eigenvalue weighted by atomic mass is 10.2. The van der Waals surface area contributed by atoms with E-state index in [9.17, 15) is 9.59 Å². The number of amides is 1. The van der Waals surface area contributed by atoms with Gasteiger partial charge in [0.05, 0.1) is 0 Å². The van der Waals surface area contributed by atoms with Crippen LogP contribution in [0.25, 0.3) is 0 Å². The number of carboxylic acid groups (broad SMARTS) is 1. The molecular formula is C14H18N2O4. The Morgan fingerprint density at radius 1 is 1.15 bits per heavy atom. The molecule has 1 fully saturated rings. The molecule has 0 bridgehead atoms. The molecular weight excluding hydrogens is 260 g/mol. The molecule has 0 aromatic heterocycles. The predicted molar refractivity (Wildman–Crippen MR) is 72.7 cm³/mol. The van der Waals surface area contributed by atoms with E-state index in [-0.39, 0.29) is 6.09 Å². The van der Waals surface area contributed by atoms with Crippen molar-refractivity contribution in [3.63, 3.8) is 0 Å². The number of aliphatic carboxylic acids is 1. The molecule has 1 aliphatic heterocycles. The van der Waals surface area contributed by atoms with Crippen LogP contribution in [0.15, 0.2) is 30.3 Å². The fourth-order valence-corrected chi connectivity index (χ4v) is 2.10. The standard InChI is InChI=1S/C14H18N2O4/c1-11(13(17)18)15-7-9-16(10-8-15)14(19)20-12-5-3-2-4-6-12/h2-6,11H,7-10H2,1H3,(H,17,18). The van der Waals surface area contributed by atoms with Gasteiger partial charge in [-0.3, -0.25) is 9.69 Å². The largest absolute Gasteiger partial charge is 0.480 e. The number of carbonyl (C=O) groups is 2. The second-order valence-corrected chi connectivity index (χ2v) is 4.72. The molecule has 0 saturated carbocycles. The molecule has 1 aliphatic rings. The van der Waals surface area contributed by atoms with Crippen molar-refractivity contribution in [1.29, 1.82) is 0 Å². The average Bonchev–Trinajstić information content (AvgIpc) is 2.47. The van der Waals surface area contributed by atoms with E-state index in [2.05, 4.69) is 0 Å². The Labute approximate surface area is 117 Å². The zero-order valence-electron chi connectivity index (χ0n) is 11.4. The summed E-state index contributed by atoms with van der Waals surface area (Å²) in [7, 11) is 0. The van der Waals surface area contributed by atoms with Gasteiger partial charge in [0.1, 0.15) is 11.8 Å². The zero-order valence-corrected chi connectivity index (χ0v) is 11.4. The minimum atomic E-state index is -0.842. The number of rotatable bonds is 3. The summed E-state index contributed by atoms with van der Waals surface area (Å²) in [5.74, 6) is -0.329. The maximum absolute atomic E-state index is 11.9. The summed E-state index contributed by atoms with van der Waals surface area (Å²) < 4.78 is 5.25. The minimum absolute atomic E-state index is 0.390. The van der Waals surface area contributed by atoms with Crippen molar-refractivity contribution < 1.29 is 19.4 Å². The van der Waals surface area contributed by atoms with Crippen molar-refractivity contribution in [2.75, 3.05) is 26.2 Å². The Bertz CT molecular complexity index is 469. The van der Waals surface area contributed by atoms with Gasteiger partial charge in [0, 0.05) is 26.2 Å². The van der Waals surface area contributed by atoms with Crippen LogP contribution in [0.2, 0.25) is 0 Å². The van der Waals surface area contributed by atoms with Crippen molar-refractivity contribution in [3.8, 4) is 5.75 Å². The van der Waals surface area contributed by atoms with E-state index >= 15 is 0 Å². The summed E-state index contributed by atoms with van der Waals surface area (Å²) in [4.78, 5) is 26.3. The van der Waals surface area contributed by atoms with Gasteiger partial charge in [-0.05, 0) is 19.1 Å². The Balaban J connectivity index is 1.84. The highest BCUT2D eigenvalue weighted by molar-refractivity contribution is 5.73. The van der Waals surface area contributed by atoms with E-state index in [1.165, 1.54) is 0 Å². The quantitative estimate of drug-likeness (QED) is 0.901. The number of nitrogens with zero attached hydrogens (tertiary/aromatic N) is 2. The van der Waals surface area contributed by atoms with Crippen LogP contribution in [-0.4, -0.2) is 59.2 Å². The first kappa shape index (κ1) is 14.3. The van der Waals surface area contributed by atoms with Crippen LogP contribution < -0.4 is 4.74 Å². The monoisotopic (exact) mass is 278 g/mol. The van der Waals surface area contributed by atoms with E-state index in [4.69, 9.17) is 9.84 Å². The van der Waals surface area contributed by atoms with Gasteiger partial charge >= 0.3 is 12.1 Å². The molecule has 1 heterocycles. The Morgan fingerprint density at radius 2 is 1.75 bits per heavy atom. The first-order valence-electron chi connectivity index (χ1n) is 6.56. The third-order valence-electron chi connectivity index (χ3n) is 3.43. The third-order valence-corrected chi connectivity index (χ3v) is 3.43. The van der Waals surface area contributed by atoms with Gasteiger partial charge in [0.2, 0.25) is 0 Å². The molecule has 1 aromatic carbocycles. The molecule has 108 valence electrons. The van der Waals surface area contributed by atoms with Crippen LogP contribution in [0.3, 0.4) is 0 Å². The van der Waals surface area contributed by atoms with Gasteiger partial charge in [-0.15, -0.1) is 0 Å². The van der Waals surface area contributed by atoms with Gasteiger partial charge in [-0.1, -0.05) is 18.2 Å². The SMILES string of the molecule is CC(C(=O)O)N1CCN(C(=O)Oc2ccccc2)CC1. The van der Waals surface area contributed by atoms with Gasteiger partial charge in [-0.25, -0.2) is 4.79 Å². The second kappa shape index (κ2) is 6.38. The molecule has 1 saturated heterocycles. The summed E-state index contributed by atoms with van der Waals surface area (Å²) in [6.45, 7) is 3.68. The normalized spacial score (nSPS) is 17.6. The van der Waals surface area contributed by atoms with Crippen molar-refractivity contribution >= 4 is 12.1 Å². The van der Waals surface area contributed by atoms with Crippen LogP contribution in [0.5, 0.6) is 5.75 Å². The molecule has 0 aliphatic carbocycles. The molecule has 6 heteroatoms. The Kier molecular flexibility index (Phi) is 4.57. The number of ether oxygens (including phenoxy) is 1. The Hall–Kier alpha value is -2.08. The lowest BCUT2D eigenvalue weighted by molar-refractivity contribution is -0.143. The number of hydrogen-bond acceptors (Lipinski definition) is 4. The van der Waals surface area contributed by atoms with E-state index in [0.29, 0.717) is 31.9 Å². The van der Waals surface area contributed by atoms with Gasteiger partial charge < -0.3 is 14.7 Å². The number of para-hydroxylation sites is 1. The Morgan fingerprint density at radius 3 is 2.30 bits per heavy atom. The zero-order chi connectivity index (χ0) is 14.5. The molecule has 1 amide bonds. The molecule has 1 aromatic rings. The van der Waals surface area contributed by atoms with Crippen LogP contribution in [-0.2, 0) is 4.79 Å². The number of carbonyl (C=O) groups excluding carboxylic acids is 1. The van der Waals surface area contributed by atoms with E-state index < -0.39 is 12.0 Å². The summed E-state index contributed by atoms with van der Waals surface area (Å²) in [5.41, 5.74) is 0. The third kappa shape index (κ3) is 3.48. The average molecular weight is 278 g/mol. The first-order chi connectivity index (χ1) is 9.58. The maximum atomic E-state index is 11.9. The lowest BCUT2D eigenvalue weighted by Crippen LogP contribution is -2.53. The van der Waals surface area contributed by atoms with Gasteiger partial charge in [0.25, 0.3) is 0 Å². The molecule has 1 atom stereocenters. The summed E-state index contributed by atoms with van der Waals surface area (Å²) >= 11 is 0. The summed E-state index contributed by atoms with van der Waals surface area (Å²) in [6, 6.07) is 8.37. The minimum Gasteiger partial charge on any atom is -0.480 e. The van der Waals surface area contributed by atoms with E-state index in [0.717, 1.165) is 0 Å². The van der Waals surface area contributed by atoms with Crippen LogP contribution in [0.4, 0.5) is 4.79 Å². The van der Waals surface area contributed by atoms with Gasteiger partial charge in [0.15, 0.2) is 0 Å². The van der Waals surface area contributed by atoms with E-state index in [1.54, 1.807) is 36.1 Å². The van der Waals surface area contributed by atoms with Crippen molar-refractivity contribution in [2.24, 2.45) is 0 Å². The highest BCUT2D eigenvalue weighted by Crippen LogP contribution is 2.12. The van der Waals surface area contributed by atoms with Crippen LogP contribution in [0, 0.1) is 0 Å². The topological polar surface area (TPSA) is 70.1 Å². The molecule has 2 rings (SSSR count). The van der Waals surface area contributed by atoms with Crippen LogP contribution in [0.1, 0.15) is 6.92 Å². The summed E-state index contributed by atoms with van der Waals surface area (Å²) in [6.07, 6.45) is -0.390. The number of carboxylic acids is 1. The molecule has 20 heavy (non-hydrogen) atoms. The van der Waals surface area contributed by atoms with Crippen LogP contribution >= 0.6 is 0 Å². The fourth-order valence-electron chi connectivity index (χ4n) is 2.10. The van der Waals surface area contributed by atoms with Crippen molar-refractivity contribution in [2.45, 2.75) is 13.0 Å². The van der Waals surface area contributed by atoms with Crippen molar-refractivity contribution in [1.82, 2.24) is 9.80 Å². The number of benzene rings is 1. The number of piperazine rings is 1. The maximum Gasteiger partial charge on any atom is 0.415 e. The lowest BCUT2D eigenvalue weighted by Gasteiger charge is -2.35. The highest BCUT2D eigenvalue weighted by atomic mass is 16.6. The fraction of sp³-hybridized carbons (Fsp3) is 0.429. The van der Waals surface area contributed by atoms with Gasteiger partial charge in [-0.2, -0.15) is 0 Å². The predicted octanol–water partition coefficient (Wildman–Crippen LogP) is 1.28. The summed E-state index contributed by atoms with van der Waals surface area (Å²) in [5, 5.41) is 8.96. The smallest absolute Gasteiger partial charge is 0.415 e. The molecule has 0 spiro atoms. The van der Waals surface area contributed by atoms with Crippen molar-refractivity contribution in [3.05, 3.63) is 30.3 Å². The molecule has 6 nitrogen and oxygen atoms in total. The molecule has 1 N–H and O–H groups in total.